The molecule has 44 heavy (non-hydrogen) atoms. The smallest absolute Gasteiger partial charge is 0.338 e. The Morgan fingerprint density at radius 1 is 0.568 bits per heavy atom. The number of ether oxygens (including phenoxy) is 1. The number of rotatable bonds is 19. The lowest BCUT2D eigenvalue weighted by molar-refractivity contribution is 0.0497. The molecule has 1 heterocycles. The van der Waals surface area contributed by atoms with E-state index in [-0.39, 0.29) is 5.97 Å². The third kappa shape index (κ3) is 10.4. The largest absolute Gasteiger partial charge is 0.462 e. The molecule has 0 bridgehead atoms. The van der Waals surface area contributed by atoms with Crippen LogP contribution in [0.3, 0.4) is 0 Å². The van der Waals surface area contributed by atoms with E-state index in [1.807, 2.05) is 35.6 Å². The van der Waals surface area contributed by atoms with Crippen molar-refractivity contribution in [2.45, 2.75) is 90.9 Å². The predicted octanol–water partition coefficient (Wildman–Crippen LogP) is 12.1. The second kappa shape index (κ2) is 18.4. The number of benzene rings is 3. The predicted molar refractivity (Wildman–Crippen MR) is 191 cm³/mol. The molecule has 0 N–H and O–H groups in total. The summed E-state index contributed by atoms with van der Waals surface area (Å²) in [5, 5.41) is 0. The van der Waals surface area contributed by atoms with Crippen molar-refractivity contribution >= 4 is 23.0 Å². The summed E-state index contributed by atoms with van der Waals surface area (Å²) in [4.78, 5) is 17.4. The summed E-state index contributed by atoms with van der Waals surface area (Å²) in [6.45, 7) is 6.10. The van der Waals surface area contributed by atoms with Crippen molar-refractivity contribution < 1.29 is 9.53 Å². The van der Waals surface area contributed by atoms with Gasteiger partial charge in [0.1, 0.15) is 0 Å². The number of esters is 1. The Labute approximate surface area is 270 Å². The van der Waals surface area contributed by atoms with Crippen molar-refractivity contribution in [1.82, 2.24) is 0 Å². The Morgan fingerprint density at radius 3 is 1.59 bits per heavy atom. The molecule has 0 saturated heterocycles. The number of hydrogen-bond donors (Lipinski definition) is 0. The lowest BCUT2D eigenvalue weighted by Crippen LogP contribution is -2.18. The highest BCUT2D eigenvalue weighted by molar-refractivity contribution is 7.18. The fourth-order valence-corrected chi connectivity index (χ4v) is 6.56. The van der Waals surface area contributed by atoms with Gasteiger partial charge in [-0.3, -0.25) is 0 Å². The molecule has 0 saturated carbocycles. The molecular formula is C40H51NO2S. The zero-order chi connectivity index (χ0) is 31.0. The molecule has 0 amide bonds. The topological polar surface area (TPSA) is 29.5 Å². The van der Waals surface area contributed by atoms with E-state index in [4.69, 9.17) is 4.74 Å². The van der Waals surface area contributed by atoms with E-state index in [1.54, 1.807) is 0 Å². The molecule has 0 aliphatic rings. The lowest BCUT2D eigenvalue weighted by atomic mass is 10.0. The molecule has 0 aliphatic heterocycles. The first-order valence-corrected chi connectivity index (χ1v) is 17.7. The van der Waals surface area contributed by atoms with E-state index in [9.17, 15) is 4.79 Å². The van der Waals surface area contributed by atoms with Crippen LogP contribution in [0.1, 0.15) is 101 Å². The number of carbonyl (C=O) groups is 1. The summed E-state index contributed by atoms with van der Waals surface area (Å²) in [5.41, 5.74) is 6.61. The molecule has 0 radical (unpaired) electrons. The number of hydrogen-bond acceptors (Lipinski definition) is 4. The molecule has 4 aromatic rings. The van der Waals surface area contributed by atoms with Crippen LogP contribution >= 0.6 is 11.3 Å². The van der Waals surface area contributed by atoms with Gasteiger partial charge in [0.05, 0.1) is 12.2 Å². The molecule has 0 atom stereocenters. The molecule has 0 spiro atoms. The maximum Gasteiger partial charge on any atom is 0.338 e. The van der Waals surface area contributed by atoms with Crippen molar-refractivity contribution in [3.63, 3.8) is 0 Å². The van der Waals surface area contributed by atoms with Crippen LogP contribution in [0.2, 0.25) is 0 Å². The van der Waals surface area contributed by atoms with Gasteiger partial charge in [0.15, 0.2) is 0 Å². The van der Waals surface area contributed by atoms with Crippen molar-refractivity contribution in [3.8, 4) is 32.0 Å². The van der Waals surface area contributed by atoms with Gasteiger partial charge in [-0.2, -0.15) is 0 Å². The molecule has 3 aromatic carbocycles. The van der Waals surface area contributed by atoms with Crippen LogP contribution in [-0.2, 0) is 4.74 Å². The van der Waals surface area contributed by atoms with E-state index in [1.165, 1.54) is 90.8 Å². The van der Waals surface area contributed by atoms with Crippen molar-refractivity contribution in [2.75, 3.05) is 25.1 Å². The standard InChI is InChI=1S/C40H51NO2S/c1-4-6-8-10-12-14-30-41(3)37-26-24-35(25-27-37)39-29-28-38(44-39)34-20-16-32(17-21-34)33-18-22-36(23-19-33)40(42)43-31-15-13-11-9-7-5-2/h16-29H,4-15,30-31H2,1-3H3. The van der Waals surface area contributed by atoms with Gasteiger partial charge in [0, 0.05) is 29.0 Å². The Balaban J connectivity index is 1.26. The summed E-state index contributed by atoms with van der Waals surface area (Å²) in [6.07, 6.45) is 15.1. The highest BCUT2D eigenvalue weighted by atomic mass is 32.1. The molecule has 0 aliphatic carbocycles. The van der Waals surface area contributed by atoms with Gasteiger partial charge in [0.25, 0.3) is 0 Å². The minimum absolute atomic E-state index is 0.233. The average molecular weight is 610 g/mol. The molecule has 1 aromatic heterocycles. The van der Waals surface area contributed by atoms with Crippen LogP contribution in [-0.4, -0.2) is 26.2 Å². The highest BCUT2D eigenvalue weighted by Gasteiger charge is 2.10. The van der Waals surface area contributed by atoms with Crippen LogP contribution in [0, 0.1) is 0 Å². The first-order chi connectivity index (χ1) is 21.6. The minimum Gasteiger partial charge on any atom is -0.462 e. The molecule has 3 nitrogen and oxygen atoms in total. The maximum absolute atomic E-state index is 12.4. The van der Waals surface area contributed by atoms with Gasteiger partial charge in [-0.05, 0) is 71.5 Å². The second-order valence-electron chi connectivity index (χ2n) is 12.0. The fourth-order valence-electron chi connectivity index (χ4n) is 5.54. The van der Waals surface area contributed by atoms with Crippen LogP contribution < -0.4 is 4.90 Å². The van der Waals surface area contributed by atoms with Gasteiger partial charge in [-0.1, -0.05) is 127 Å². The molecule has 0 fully saturated rings. The van der Waals surface area contributed by atoms with Crippen molar-refractivity contribution in [2.24, 2.45) is 0 Å². The summed E-state index contributed by atoms with van der Waals surface area (Å²) < 4.78 is 5.48. The number of unbranched alkanes of at least 4 members (excludes halogenated alkanes) is 10. The Kier molecular flexibility index (Phi) is 14.0. The van der Waals surface area contributed by atoms with Crippen LogP contribution in [0.5, 0.6) is 0 Å². The monoisotopic (exact) mass is 609 g/mol. The summed E-state index contributed by atoms with van der Waals surface area (Å²) in [7, 11) is 2.20. The van der Waals surface area contributed by atoms with Gasteiger partial charge >= 0.3 is 5.97 Å². The maximum atomic E-state index is 12.4. The second-order valence-corrected chi connectivity index (χ2v) is 13.0. The Morgan fingerprint density at radius 2 is 1.02 bits per heavy atom. The van der Waals surface area contributed by atoms with E-state index in [0.717, 1.165) is 30.5 Å². The molecule has 4 rings (SSSR count). The van der Waals surface area contributed by atoms with Gasteiger partial charge in [0.2, 0.25) is 0 Å². The normalized spacial score (nSPS) is 11.1. The van der Waals surface area contributed by atoms with Crippen molar-refractivity contribution in [1.29, 1.82) is 0 Å². The van der Waals surface area contributed by atoms with Crippen LogP contribution in [0.4, 0.5) is 5.69 Å². The van der Waals surface area contributed by atoms with Gasteiger partial charge in [-0.25, -0.2) is 4.79 Å². The average Bonchev–Trinajstić information content (AvgIpc) is 3.56. The molecule has 234 valence electrons. The third-order valence-corrected chi connectivity index (χ3v) is 9.58. The summed E-state index contributed by atoms with van der Waals surface area (Å²) in [5.74, 6) is -0.233. The van der Waals surface area contributed by atoms with E-state index in [2.05, 4.69) is 86.5 Å². The van der Waals surface area contributed by atoms with E-state index in [0.29, 0.717) is 12.2 Å². The fraction of sp³-hybridized carbons (Fsp3) is 0.425. The SMILES string of the molecule is CCCCCCCCOC(=O)c1ccc(-c2ccc(-c3ccc(-c4ccc(N(C)CCCCCCCC)cc4)s3)cc2)cc1. The first-order valence-electron chi connectivity index (χ1n) is 16.9. The quantitative estimate of drug-likeness (QED) is 0.0782. The van der Waals surface area contributed by atoms with E-state index >= 15 is 0 Å². The Bertz CT molecular complexity index is 1370. The van der Waals surface area contributed by atoms with Crippen LogP contribution in [0.25, 0.3) is 32.0 Å². The zero-order valence-electron chi connectivity index (χ0n) is 27.2. The van der Waals surface area contributed by atoms with Gasteiger partial charge < -0.3 is 9.64 Å². The molecule has 4 heteroatoms. The third-order valence-electron chi connectivity index (χ3n) is 8.40. The number of nitrogens with zero attached hydrogens (tertiary/aromatic N) is 1. The Hall–Kier alpha value is -3.37. The van der Waals surface area contributed by atoms with Gasteiger partial charge in [-0.15, -0.1) is 11.3 Å². The molecular weight excluding hydrogens is 559 g/mol. The first kappa shape index (κ1) is 33.5. The number of carbonyl (C=O) groups excluding carboxylic acids is 1. The zero-order valence-corrected chi connectivity index (χ0v) is 28.0. The van der Waals surface area contributed by atoms with Crippen molar-refractivity contribution in [3.05, 3.63) is 90.5 Å². The molecule has 0 unspecified atom stereocenters. The lowest BCUT2D eigenvalue weighted by Gasteiger charge is -2.19. The highest BCUT2D eigenvalue weighted by Crippen LogP contribution is 2.36. The van der Waals surface area contributed by atoms with Crippen LogP contribution in [0.15, 0.2) is 84.9 Å². The summed E-state index contributed by atoms with van der Waals surface area (Å²) in [6, 6.07) is 29.9. The number of anilines is 1. The number of thiophene rings is 1. The summed E-state index contributed by atoms with van der Waals surface area (Å²) >= 11 is 1.83. The van der Waals surface area contributed by atoms with E-state index < -0.39 is 0 Å². The minimum atomic E-state index is -0.233.